The van der Waals surface area contributed by atoms with Crippen LogP contribution in [-0.4, -0.2) is 10.9 Å². The molecule has 3 nitrogen and oxygen atoms in total. The van der Waals surface area contributed by atoms with Gasteiger partial charge in [0.15, 0.2) is 0 Å². The van der Waals surface area contributed by atoms with Crippen molar-refractivity contribution in [2.75, 3.05) is 5.32 Å². The van der Waals surface area contributed by atoms with Gasteiger partial charge in [0.2, 0.25) is 0 Å². The lowest BCUT2D eigenvalue weighted by Gasteiger charge is -2.08. The van der Waals surface area contributed by atoms with Gasteiger partial charge in [-0.25, -0.2) is 4.98 Å². The third-order valence-electron chi connectivity index (χ3n) is 2.19. The number of anilines is 1. The minimum atomic E-state index is -0.238. The first kappa shape index (κ1) is 13.5. The Balaban J connectivity index is 2.21. The van der Waals surface area contributed by atoms with E-state index in [0.29, 0.717) is 25.3 Å². The molecule has 1 aromatic heterocycles. The van der Waals surface area contributed by atoms with Crippen LogP contribution < -0.4 is 5.32 Å². The Labute approximate surface area is 126 Å². The van der Waals surface area contributed by atoms with E-state index in [-0.39, 0.29) is 5.91 Å². The smallest absolute Gasteiger partial charge is 0.257 e. The molecule has 1 amide bonds. The summed E-state index contributed by atoms with van der Waals surface area (Å²) in [4.78, 5) is 16.0. The summed E-state index contributed by atoms with van der Waals surface area (Å²) in [6.07, 6.45) is 1.50. The molecule has 1 aromatic carbocycles. The van der Waals surface area contributed by atoms with Gasteiger partial charge in [0.1, 0.15) is 4.60 Å². The minimum Gasteiger partial charge on any atom is -0.321 e. The maximum absolute atomic E-state index is 12.0. The van der Waals surface area contributed by atoms with Crippen molar-refractivity contribution < 1.29 is 4.79 Å². The molecular weight excluding hydrogens is 383 g/mol. The number of hydrogen-bond acceptors (Lipinski definition) is 2. The molecule has 0 fully saturated rings. The van der Waals surface area contributed by atoms with Gasteiger partial charge in [0.25, 0.3) is 5.91 Å². The third-order valence-corrected chi connectivity index (χ3v) is 4.06. The number of hydrogen-bond donors (Lipinski definition) is 1. The van der Waals surface area contributed by atoms with Gasteiger partial charge in [0, 0.05) is 6.20 Å². The first-order valence-corrected chi connectivity index (χ1v) is 6.91. The van der Waals surface area contributed by atoms with Gasteiger partial charge in [0.05, 0.1) is 20.7 Å². The fourth-order valence-corrected chi connectivity index (χ4v) is 2.08. The number of nitrogens with zero attached hydrogens (tertiary/aromatic N) is 1. The van der Waals surface area contributed by atoms with Crippen molar-refractivity contribution in [2.24, 2.45) is 0 Å². The Bertz CT molecular complexity index is 587. The molecule has 92 valence electrons. The van der Waals surface area contributed by atoms with Crippen molar-refractivity contribution in [1.29, 1.82) is 0 Å². The molecule has 0 bridgehead atoms. The fourth-order valence-electron chi connectivity index (χ4n) is 1.30. The molecule has 0 atom stereocenters. The van der Waals surface area contributed by atoms with Crippen LogP contribution in [0.3, 0.4) is 0 Å². The first-order valence-electron chi connectivity index (χ1n) is 4.95. The molecule has 0 radical (unpaired) electrons. The maximum atomic E-state index is 12.0. The quantitative estimate of drug-likeness (QED) is 0.767. The van der Waals surface area contributed by atoms with Crippen molar-refractivity contribution in [3.05, 3.63) is 56.2 Å². The number of rotatable bonds is 2. The number of amides is 1. The van der Waals surface area contributed by atoms with Gasteiger partial charge >= 0.3 is 0 Å². The minimum absolute atomic E-state index is 0.238. The second-order valence-electron chi connectivity index (χ2n) is 3.43. The lowest BCUT2D eigenvalue weighted by molar-refractivity contribution is 0.102. The van der Waals surface area contributed by atoms with Crippen LogP contribution in [0.4, 0.5) is 5.69 Å². The number of nitrogens with one attached hydrogen (secondary N) is 1. The monoisotopic (exact) mass is 388 g/mol. The summed E-state index contributed by atoms with van der Waals surface area (Å²) in [6, 6.07) is 8.66. The van der Waals surface area contributed by atoms with Crippen LogP contribution in [0, 0.1) is 0 Å². The molecule has 1 N–H and O–H groups in total. The molecule has 0 aliphatic heterocycles. The molecule has 6 heteroatoms. The highest BCUT2D eigenvalue weighted by atomic mass is 79.9. The Morgan fingerprint density at radius 3 is 2.67 bits per heavy atom. The number of carbonyl (C=O) groups is 1. The van der Waals surface area contributed by atoms with E-state index in [9.17, 15) is 4.79 Å². The van der Waals surface area contributed by atoms with E-state index < -0.39 is 0 Å². The molecule has 0 spiro atoms. The lowest BCUT2D eigenvalue weighted by Crippen LogP contribution is -2.12. The summed E-state index contributed by atoms with van der Waals surface area (Å²) in [6.45, 7) is 0. The van der Waals surface area contributed by atoms with Crippen LogP contribution in [0.2, 0.25) is 5.02 Å². The molecule has 0 saturated carbocycles. The van der Waals surface area contributed by atoms with Crippen LogP contribution in [-0.2, 0) is 0 Å². The van der Waals surface area contributed by atoms with Crippen molar-refractivity contribution >= 4 is 55.1 Å². The molecule has 0 aliphatic carbocycles. The molecule has 0 aliphatic rings. The molecule has 0 unspecified atom stereocenters. The lowest BCUT2D eigenvalue weighted by atomic mass is 10.2. The van der Waals surface area contributed by atoms with Crippen LogP contribution in [0.5, 0.6) is 0 Å². The van der Waals surface area contributed by atoms with E-state index in [1.807, 2.05) is 0 Å². The highest BCUT2D eigenvalue weighted by Gasteiger charge is 2.10. The molecule has 18 heavy (non-hydrogen) atoms. The number of benzene rings is 1. The highest BCUT2D eigenvalue weighted by molar-refractivity contribution is 9.10. The van der Waals surface area contributed by atoms with Crippen LogP contribution >= 0.6 is 43.5 Å². The topological polar surface area (TPSA) is 42.0 Å². The molecule has 2 aromatic rings. The van der Waals surface area contributed by atoms with E-state index in [0.717, 1.165) is 0 Å². The van der Waals surface area contributed by atoms with E-state index in [2.05, 4.69) is 42.2 Å². The molecular formula is C12H7Br2ClN2O. The molecule has 2 rings (SSSR count). The number of pyridine rings is 1. The first-order chi connectivity index (χ1) is 8.58. The Kier molecular flexibility index (Phi) is 4.37. The van der Waals surface area contributed by atoms with Gasteiger partial charge in [-0.3, -0.25) is 4.79 Å². The van der Waals surface area contributed by atoms with Gasteiger partial charge in [-0.05, 0) is 56.1 Å². The summed E-state index contributed by atoms with van der Waals surface area (Å²) >= 11 is 12.5. The third kappa shape index (κ3) is 3.10. The zero-order chi connectivity index (χ0) is 13.1. The second kappa shape index (κ2) is 5.82. The van der Waals surface area contributed by atoms with Gasteiger partial charge in [-0.15, -0.1) is 0 Å². The fraction of sp³-hybridized carbons (Fsp3) is 0. The standard InChI is InChI=1S/C12H7Br2ClN2O/c13-10-5-4-7(6-16-10)12(18)17-9-3-1-2-8(15)11(9)14/h1-6H,(H,17,18). The van der Waals surface area contributed by atoms with Crippen molar-refractivity contribution in [3.63, 3.8) is 0 Å². The van der Waals surface area contributed by atoms with E-state index in [4.69, 9.17) is 11.6 Å². The normalized spacial score (nSPS) is 10.2. The molecule has 1 heterocycles. The summed E-state index contributed by atoms with van der Waals surface area (Å²) < 4.78 is 1.34. The van der Waals surface area contributed by atoms with E-state index in [1.165, 1.54) is 6.20 Å². The van der Waals surface area contributed by atoms with E-state index in [1.54, 1.807) is 30.3 Å². The van der Waals surface area contributed by atoms with Gasteiger partial charge in [-0.2, -0.15) is 0 Å². The number of halogens is 3. The van der Waals surface area contributed by atoms with E-state index >= 15 is 0 Å². The van der Waals surface area contributed by atoms with Crippen molar-refractivity contribution in [1.82, 2.24) is 4.98 Å². The maximum Gasteiger partial charge on any atom is 0.257 e. The zero-order valence-electron chi connectivity index (χ0n) is 8.95. The summed E-state index contributed by atoms with van der Waals surface area (Å²) in [5.74, 6) is -0.238. The summed E-state index contributed by atoms with van der Waals surface area (Å²) in [5.41, 5.74) is 1.10. The Morgan fingerprint density at radius 2 is 2.00 bits per heavy atom. The van der Waals surface area contributed by atoms with Crippen molar-refractivity contribution in [3.8, 4) is 0 Å². The average molecular weight is 390 g/mol. The summed E-state index contributed by atoms with van der Waals surface area (Å²) in [7, 11) is 0. The Morgan fingerprint density at radius 1 is 1.22 bits per heavy atom. The molecule has 0 saturated heterocycles. The van der Waals surface area contributed by atoms with Crippen molar-refractivity contribution in [2.45, 2.75) is 0 Å². The second-order valence-corrected chi connectivity index (χ2v) is 5.44. The van der Waals surface area contributed by atoms with Gasteiger partial charge in [-0.1, -0.05) is 17.7 Å². The van der Waals surface area contributed by atoms with Crippen LogP contribution in [0.1, 0.15) is 10.4 Å². The predicted molar refractivity (Wildman–Crippen MR) is 79.0 cm³/mol. The zero-order valence-corrected chi connectivity index (χ0v) is 12.9. The predicted octanol–water partition coefficient (Wildman–Crippen LogP) is 4.51. The number of aromatic nitrogens is 1. The Hall–Kier alpha value is -0.910. The summed E-state index contributed by atoms with van der Waals surface area (Å²) in [5, 5.41) is 3.30. The van der Waals surface area contributed by atoms with Gasteiger partial charge < -0.3 is 5.32 Å². The van der Waals surface area contributed by atoms with Crippen LogP contribution in [0.15, 0.2) is 45.6 Å². The highest BCUT2D eigenvalue weighted by Crippen LogP contribution is 2.30. The van der Waals surface area contributed by atoms with Crippen LogP contribution in [0.25, 0.3) is 0 Å². The average Bonchev–Trinajstić information content (AvgIpc) is 2.36. The largest absolute Gasteiger partial charge is 0.321 e. The number of carbonyl (C=O) groups excluding carboxylic acids is 1. The SMILES string of the molecule is O=C(Nc1cccc(Cl)c1Br)c1ccc(Br)nc1.